The average Bonchev–Trinajstić information content (AvgIpc) is 2.72. The van der Waals surface area contributed by atoms with Gasteiger partial charge < -0.3 is 14.9 Å². The summed E-state index contributed by atoms with van der Waals surface area (Å²) in [7, 11) is 0. The Hall–Kier alpha value is -1.75. The maximum absolute atomic E-state index is 12.7. The van der Waals surface area contributed by atoms with Crippen molar-refractivity contribution in [2.75, 3.05) is 31.1 Å². The van der Waals surface area contributed by atoms with E-state index in [0.717, 1.165) is 25.1 Å². The second-order valence-corrected chi connectivity index (χ2v) is 6.73. The van der Waals surface area contributed by atoms with E-state index in [2.05, 4.69) is 4.90 Å². The lowest BCUT2D eigenvalue weighted by atomic mass is 9.67. The number of rotatable bonds is 3. The van der Waals surface area contributed by atoms with E-state index in [1.54, 1.807) is 4.90 Å². The Labute approximate surface area is 140 Å². The molecule has 1 aromatic carbocycles. The molecule has 0 bridgehead atoms. The number of halogens is 1. The number of carboxylic acid groups (broad SMARTS) is 1. The molecule has 0 aromatic heterocycles. The molecule has 5 nitrogen and oxygen atoms in total. The van der Waals surface area contributed by atoms with E-state index in [-0.39, 0.29) is 5.91 Å². The summed E-state index contributed by atoms with van der Waals surface area (Å²) in [4.78, 5) is 28.1. The van der Waals surface area contributed by atoms with Crippen LogP contribution in [0.3, 0.4) is 0 Å². The molecule has 1 N–H and O–H groups in total. The van der Waals surface area contributed by atoms with Crippen LogP contribution in [-0.4, -0.2) is 48.1 Å². The molecule has 1 heterocycles. The van der Waals surface area contributed by atoms with Gasteiger partial charge in [0, 0.05) is 26.2 Å². The van der Waals surface area contributed by atoms with Crippen LogP contribution in [0.2, 0.25) is 5.02 Å². The normalized spacial score (nSPS) is 20.6. The number of hydrogen-bond donors (Lipinski definition) is 1. The van der Waals surface area contributed by atoms with Gasteiger partial charge in [0.15, 0.2) is 0 Å². The molecule has 1 saturated heterocycles. The summed E-state index contributed by atoms with van der Waals surface area (Å²) < 4.78 is 0. The van der Waals surface area contributed by atoms with E-state index >= 15 is 0 Å². The van der Waals surface area contributed by atoms with Crippen molar-refractivity contribution in [3.05, 3.63) is 29.3 Å². The summed E-state index contributed by atoms with van der Waals surface area (Å²) >= 11 is 6.26. The molecule has 124 valence electrons. The van der Waals surface area contributed by atoms with E-state index < -0.39 is 11.4 Å². The van der Waals surface area contributed by atoms with Crippen molar-refractivity contribution in [3.8, 4) is 0 Å². The van der Waals surface area contributed by atoms with Crippen LogP contribution in [0.15, 0.2) is 24.3 Å². The van der Waals surface area contributed by atoms with Crippen LogP contribution >= 0.6 is 11.6 Å². The lowest BCUT2D eigenvalue weighted by Gasteiger charge is -2.39. The van der Waals surface area contributed by atoms with Crippen LogP contribution in [0.4, 0.5) is 5.69 Å². The number of para-hydroxylation sites is 1. The Morgan fingerprint density at radius 3 is 2.39 bits per heavy atom. The minimum Gasteiger partial charge on any atom is -0.480 e. The largest absolute Gasteiger partial charge is 0.480 e. The smallest absolute Gasteiger partial charge is 0.319 e. The van der Waals surface area contributed by atoms with Gasteiger partial charge >= 0.3 is 5.97 Å². The summed E-state index contributed by atoms with van der Waals surface area (Å²) in [6.07, 6.45) is 2.56. The zero-order valence-corrected chi connectivity index (χ0v) is 13.8. The molecule has 0 atom stereocenters. The highest BCUT2D eigenvalue weighted by Gasteiger charge is 2.52. The molecule has 0 radical (unpaired) electrons. The lowest BCUT2D eigenvalue weighted by Crippen LogP contribution is -2.53. The molecule has 0 spiro atoms. The van der Waals surface area contributed by atoms with Gasteiger partial charge in [-0.2, -0.15) is 0 Å². The second kappa shape index (κ2) is 6.40. The summed E-state index contributed by atoms with van der Waals surface area (Å²) in [6.45, 7) is 2.63. The highest BCUT2D eigenvalue weighted by Crippen LogP contribution is 2.43. The van der Waals surface area contributed by atoms with Crippen molar-refractivity contribution in [1.29, 1.82) is 0 Å². The van der Waals surface area contributed by atoms with Crippen molar-refractivity contribution in [1.82, 2.24) is 4.90 Å². The van der Waals surface area contributed by atoms with Gasteiger partial charge in [-0.05, 0) is 31.4 Å². The molecule has 0 unspecified atom stereocenters. The number of amides is 1. The third kappa shape index (κ3) is 2.90. The van der Waals surface area contributed by atoms with E-state index in [0.29, 0.717) is 37.5 Å². The Morgan fingerprint density at radius 2 is 1.78 bits per heavy atom. The fraction of sp³-hybridized carbons (Fsp3) is 0.529. The molecule has 1 aliphatic heterocycles. The van der Waals surface area contributed by atoms with E-state index in [4.69, 9.17) is 11.6 Å². The minimum atomic E-state index is -1.17. The van der Waals surface area contributed by atoms with Gasteiger partial charge in [0.25, 0.3) is 0 Å². The monoisotopic (exact) mass is 336 g/mol. The van der Waals surface area contributed by atoms with Crippen LogP contribution in [0.5, 0.6) is 0 Å². The third-order valence-corrected chi connectivity index (χ3v) is 5.32. The standard InChI is InChI=1S/C17H21ClN2O3/c18-13-5-1-2-6-14(13)19-9-4-10-20(12-11-19)15(21)17(16(22)23)7-3-8-17/h1-2,5-6H,3-4,7-12H2,(H,22,23). The van der Waals surface area contributed by atoms with Crippen LogP contribution in [0.1, 0.15) is 25.7 Å². The van der Waals surface area contributed by atoms with Crippen LogP contribution in [-0.2, 0) is 9.59 Å². The van der Waals surface area contributed by atoms with E-state index in [9.17, 15) is 14.7 Å². The topological polar surface area (TPSA) is 60.9 Å². The predicted octanol–water partition coefficient (Wildman–Crippen LogP) is 2.63. The molecule has 23 heavy (non-hydrogen) atoms. The Kier molecular flexibility index (Phi) is 4.48. The van der Waals surface area contributed by atoms with E-state index in [1.807, 2.05) is 24.3 Å². The molecule has 1 saturated carbocycles. The maximum Gasteiger partial charge on any atom is 0.319 e. The summed E-state index contributed by atoms with van der Waals surface area (Å²) in [6, 6.07) is 7.68. The van der Waals surface area contributed by atoms with Gasteiger partial charge in [0.05, 0.1) is 10.7 Å². The van der Waals surface area contributed by atoms with Crippen LogP contribution < -0.4 is 4.90 Å². The van der Waals surface area contributed by atoms with Crippen molar-refractivity contribution < 1.29 is 14.7 Å². The molecular formula is C17H21ClN2O3. The number of anilines is 1. The number of carbonyl (C=O) groups is 2. The predicted molar refractivity (Wildman–Crippen MR) is 88.8 cm³/mol. The highest BCUT2D eigenvalue weighted by molar-refractivity contribution is 6.33. The SMILES string of the molecule is O=C(O)C1(C(=O)N2CCCN(c3ccccc3Cl)CC2)CCC1. The first kappa shape index (κ1) is 16.1. The molecular weight excluding hydrogens is 316 g/mol. The van der Waals surface area contributed by atoms with Gasteiger partial charge in [-0.1, -0.05) is 30.2 Å². The van der Waals surface area contributed by atoms with Crippen molar-refractivity contribution in [2.24, 2.45) is 5.41 Å². The summed E-state index contributed by atoms with van der Waals surface area (Å²) in [5.41, 5.74) is -0.195. The van der Waals surface area contributed by atoms with Crippen molar-refractivity contribution >= 4 is 29.2 Å². The average molecular weight is 337 g/mol. The summed E-state index contributed by atoms with van der Waals surface area (Å²) in [5, 5.41) is 10.1. The number of aliphatic carboxylic acids is 1. The zero-order valence-electron chi connectivity index (χ0n) is 13.0. The van der Waals surface area contributed by atoms with Gasteiger partial charge in [0.1, 0.15) is 5.41 Å². The van der Waals surface area contributed by atoms with E-state index in [1.165, 1.54) is 0 Å². The first-order valence-corrected chi connectivity index (χ1v) is 8.45. The van der Waals surface area contributed by atoms with Crippen LogP contribution in [0, 0.1) is 5.41 Å². The molecule has 1 aliphatic carbocycles. The first-order chi connectivity index (χ1) is 11.0. The van der Waals surface area contributed by atoms with Crippen LogP contribution in [0.25, 0.3) is 0 Å². The maximum atomic E-state index is 12.7. The van der Waals surface area contributed by atoms with Gasteiger partial charge in [-0.15, -0.1) is 0 Å². The fourth-order valence-corrected chi connectivity index (χ4v) is 3.68. The van der Waals surface area contributed by atoms with Gasteiger partial charge in [-0.25, -0.2) is 0 Å². The van der Waals surface area contributed by atoms with Gasteiger partial charge in [-0.3, -0.25) is 9.59 Å². The highest BCUT2D eigenvalue weighted by atomic mass is 35.5. The second-order valence-electron chi connectivity index (χ2n) is 6.33. The van der Waals surface area contributed by atoms with Crippen molar-refractivity contribution in [2.45, 2.75) is 25.7 Å². The Bertz CT molecular complexity index is 616. The minimum absolute atomic E-state index is 0.211. The molecule has 1 amide bonds. The quantitative estimate of drug-likeness (QED) is 0.862. The number of nitrogens with zero attached hydrogens (tertiary/aromatic N) is 2. The lowest BCUT2D eigenvalue weighted by molar-refractivity contribution is -0.167. The molecule has 1 aromatic rings. The number of carboxylic acids is 1. The Morgan fingerprint density at radius 1 is 1.04 bits per heavy atom. The Balaban J connectivity index is 1.70. The third-order valence-electron chi connectivity index (χ3n) is 5.00. The number of carbonyl (C=O) groups excluding carboxylic acids is 1. The molecule has 3 rings (SSSR count). The fourth-order valence-electron chi connectivity index (χ4n) is 3.42. The number of benzene rings is 1. The summed E-state index contributed by atoms with van der Waals surface area (Å²) in [5.74, 6) is -1.18. The van der Waals surface area contributed by atoms with Gasteiger partial charge in [0.2, 0.25) is 5.91 Å². The molecule has 6 heteroatoms. The molecule has 2 aliphatic rings. The zero-order chi connectivity index (χ0) is 16.4. The molecule has 2 fully saturated rings. The number of hydrogen-bond acceptors (Lipinski definition) is 3. The van der Waals surface area contributed by atoms with Crippen molar-refractivity contribution in [3.63, 3.8) is 0 Å². The first-order valence-electron chi connectivity index (χ1n) is 8.07.